The molecule has 1 heterocycles. The van der Waals surface area contributed by atoms with E-state index in [4.69, 9.17) is 5.41 Å². The number of alkyl halides is 6. The van der Waals surface area contributed by atoms with E-state index in [9.17, 15) is 26.3 Å². The first-order valence-corrected chi connectivity index (χ1v) is 9.00. The van der Waals surface area contributed by atoms with Gasteiger partial charge in [0.1, 0.15) is 5.71 Å². The lowest BCUT2D eigenvalue weighted by molar-refractivity contribution is -0.166. The summed E-state index contributed by atoms with van der Waals surface area (Å²) in [4.78, 5) is 0. The quantitative estimate of drug-likeness (QED) is 0.336. The maximum atomic E-state index is 13.1. The largest absolute Gasteiger partial charge is 0.442 e. The van der Waals surface area contributed by atoms with Gasteiger partial charge < -0.3 is 0 Å². The Balaban J connectivity index is 1.52. The summed E-state index contributed by atoms with van der Waals surface area (Å²) in [7, 11) is 0. The first kappa shape index (κ1) is 20.8. The van der Waals surface area contributed by atoms with E-state index >= 15 is 0 Å². The van der Waals surface area contributed by atoms with Crippen molar-refractivity contribution in [2.75, 3.05) is 0 Å². The van der Waals surface area contributed by atoms with Crippen molar-refractivity contribution in [3.05, 3.63) is 83.9 Å². The predicted molar refractivity (Wildman–Crippen MR) is 103 cm³/mol. The predicted octanol–water partition coefficient (Wildman–Crippen LogP) is 7.13. The molecule has 1 aliphatic heterocycles. The van der Waals surface area contributed by atoms with Gasteiger partial charge in [-0.2, -0.15) is 26.3 Å². The van der Waals surface area contributed by atoms with Gasteiger partial charge in [0.15, 0.2) is 0 Å². The van der Waals surface area contributed by atoms with Gasteiger partial charge in [-0.15, -0.1) is 10.2 Å². The van der Waals surface area contributed by atoms with Crippen molar-refractivity contribution in [1.82, 2.24) is 0 Å². The molecule has 3 aromatic carbocycles. The van der Waals surface area contributed by atoms with Crippen LogP contribution in [0.3, 0.4) is 0 Å². The van der Waals surface area contributed by atoms with Gasteiger partial charge in [-0.1, -0.05) is 72.8 Å². The van der Waals surface area contributed by atoms with Crippen molar-refractivity contribution in [2.24, 2.45) is 10.2 Å². The van der Waals surface area contributed by atoms with E-state index in [0.29, 0.717) is 11.1 Å². The molecule has 0 saturated carbocycles. The summed E-state index contributed by atoms with van der Waals surface area (Å²) < 4.78 is 77.1. The average Bonchev–Trinajstić information content (AvgIpc) is 3.55. The third kappa shape index (κ3) is 3.83. The summed E-state index contributed by atoms with van der Waals surface area (Å²) >= 11 is 0. The van der Waals surface area contributed by atoms with Crippen LogP contribution in [0.2, 0.25) is 0 Å². The van der Waals surface area contributed by atoms with Crippen LogP contribution in [0.4, 0.5) is 26.3 Å². The minimum Gasteiger partial charge on any atom is -0.296 e. The van der Waals surface area contributed by atoms with Crippen molar-refractivity contribution in [1.29, 1.82) is 5.41 Å². The molecule has 0 unspecified atom stereocenters. The molecular formula is C22H13F6N3. The minimum atomic E-state index is -4.71. The van der Waals surface area contributed by atoms with Gasteiger partial charge in [-0.05, 0) is 22.3 Å². The normalized spacial score (nSPS) is 15.0. The van der Waals surface area contributed by atoms with Gasteiger partial charge in [0, 0.05) is 11.1 Å². The summed E-state index contributed by atoms with van der Waals surface area (Å²) in [5, 5.41) is 13.5. The fourth-order valence-electron chi connectivity index (χ4n) is 3.19. The maximum absolute atomic E-state index is 13.1. The molecule has 0 saturated heterocycles. The number of nitrogens with one attached hydrogen (secondary N) is 1. The van der Waals surface area contributed by atoms with Crippen LogP contribution in [0.5, 0.6) is 0 Å². The highest BCUT2D eigenvalue weighted by Gasteiger charge is 2.65. The monoisotopic (exact) mass is 433 g/mol. The number of hydrogen-bond donors (Lipinski definition) is 1. The molecule has 0 aromatic heterocycles. The lowest BCUT2D eigenvalue weighted by Crippen LogP contribution is -2.29. The molecule has 9 heteroatoms. The van der Waals surface area contributed by atoms with Crippen LogP contribution in [0, 0.1) is 5.41 Å². The van der Waals surface area contributed by atoms with Crippen LogP contribution in [-0.4, -0.2) is 18.1 Å². The molecule has 0 amide bonds. The van der Waals surface area contributed by atoms with Crippen molar-refractivity contribution >= 4 is 5.71 Å². The average molecular weight is 433 g/mol. The standard InChI is InChI=1S/C22H13F6N3/c23-21(24,25)19(29)17-7-5-15(6-8-17)13-1-3-14(4-2-13)16-9-11-18(12-10-16)20(30-31-20)22(26,27)28/h1-12,29H. The molecule has 1 aliphatic rings. The van der Waals surface area contributed by atoms with Crippen molar-refractivity contribution in [3.63, 3.8) is 0 Å². The summed E-state index contributed by atoms with van der Waals surface area (Å²) in [5.74, 6) is 0. The van der Waals surface area contributed by atoms with Gasteiger partial charge in [-0.3, -0.25) is 5.41 Å². The molecule has 4 rings (SSSR count). The van der Waals surface area contributed by atoms with Crippen LogP contribution in [0.25, 0.3) is 22.3 Å². The number of benzene rings is 3. The van der Waals surface area contributed by atoms with E-state index < -0.39 is 23.7 Å². The Morgan fingerprint density at radius 3 is 1.29 bits per heavy atom. The zero-order chi connectivity index (χ0) is 22.4. The van der Waals surface area contributed by atoms with Gasteiger partial charge in [0.25, 0.3) is 0 Å². The fourth-order valence-corrected chi connectivity index (χ4v) is 3.19. The Kier molecular flexibility index (Phi) is 4.72. The molecule has 1 N–H and O–H groups in total. The van der Waals surface area contributed by atoms with Crippen LogP contribution in [-0.2, 0) is 5.66 Å². The first-order chi connectivity index (χ1) is 14.5. The molecule has 0 fully saturated rings. The second-order valence-corrected chi connectivity index (χ2v) is 6.97. The van der Waals surface area contributed by atoms with E-state index in [2.05, 4.69) is 10.2 Å². The zero-order valence-electron chi connectivity index (χ0n) is 15.6. The molecule has 0 bridgehead atoms. The molecule has 3 aromatic rings. The summed E-state index contributed by atoms with van der Waals surface area (Å²) in [6, 6.07) is 18.3. The Bertz CT molecular complexity index is 1140. The number of nitrogens with zero attached hydrogens (tertiary/aromatic N) is 2. The van der Waals surface area contributed by atoms with E-state index in [-0.39, 0.29) is 11.1 Å². The highest BCUT2D eigenvalue weighted by Crippen LogP contribution is 2.52. The van der Waals surface area contributed by atoms with Crippen molar-refractivity contribution in [2.45, 2.75) is 18.0 Å². The van der Waals surface area contributed by atoms with E-state index in [0.717, 1.165) is 11.1 Å². The summed E-state index contributed by atoms with van der Waals surface area (Å²) in [6.45, 7) is 0. The molecule has 0 atom stereocenters. The Labute approximate surface area is 172 Å². The van der Waals surface area contributed by atoms with Crippen molar-refractivity contribution in [3.8, 4) is 22.3 Å². The zero-order valence-corrected chi connectivity index (χ0v) is 15.6. The van der Waals surface area contributed by atoms with E-state index in [1.54, 1.807) is 36.4 Å². The van der Waals surface area contributed by atoms with Gasteiger partial charge >= 0.3 is 18.0 Å². The minimum absolute atomic E-state index is 0.0510. The molecule has 31 heavy (non-hydrogen) atoms. The third-order valence-corrected chi connectivity index (χ3v) is 4.99. The molecule has 3 nitrogen and oxygen atoms in total. The van der Waals surface area contributed by atoms with Crippen LogP contribution >= 0.6 is 0 Å². The maximum Gasteiger partial charge on any atom is 0.442 e. The highest BCUT2D eigenvalue weighted by atomic mass is 19.4. The smallest absolute Gasteiger partial charge is 0.296 e. The third-order valence-electron chi connectivity index (χ3n) is 4.99. The van der Waals surface area contributed by atoms with E-state index in [1.165, 1.54) is 36.4 Å². The molecule has 0 aliphatic carbocycles. The Hall–Kier alpha value is -3.49. The van der Waals surface area contributed by atoms with Gasteiger partial charge in [0.05, 0.1) is 0 Å². The van der Waals surface area contributed by atoms with Crippen LogP contribution in [0.1, 0.15) is 11.1 Å². The SMILES string of the molecule is N=C(c1ccc(-c2ccc(-c3ccc(C4(C(F)(F)F)N=N4)cc3)cc2)cc1)C(F)(F)F. The number of halogens is 6. The van der Waals surface area contributed by atoms with Gasteiger partial charge in [0.2, 0.25) is 0 Å². The lowest BCUT2D eigenvalue weighted by Gasteiger charge is -2.15. The summed E-state index contributed by atoms with van der Waals surface area (Å²) in [6.07, 6.45) is -9.29. The number of hydrogen-bond acceptors (Lipinski definition) is 3. The lowest BCUT2D eigenvalue weighted by atomic mass is 9.96. The first-order valence-electron chi connectivity index (χ1n) is 9.00. The highest BCUT2D eigenvalue weighted by molar-refractivity contribution is 6.02. The van der Waals surface area contributed by atoms with Gasteiger partial charge in [-0.25, -0.2) is 0 Å². The Morgan fingerprint density at radius 1 is 0.613 bits per heavy atom. The topological polar surface area (TPSA) is 48.6 Å². The Morgan fingerprint density at radius 2 is 0.968 bits per heavy atom. The summed E-state index contributed by atoms with van der Waals surface area (Å²) in [5.41, 5.74) is -1.26. The molecular weight excluding hydrogens is 420 g/mol. The molecule has 0 radical (unpaired) electrons. The van der Waals surface area contributed by atoms with Crippen LogP contribution < -0.4 is 0 Å². The molecule has 0 spiro atoms. The number of rotatable bonds is 4. The van der Waals surface area contributed by atoms with Crippen molar-refractivity contribution < 1.29 is 26.3 Å². The second-order valence-electron chi connectivity index (χ2n) is 6.97. The van der Waals surface area contributed by atoms with E-state index in [1.807, 2.05) is 0 Å². The second kappa shape index (κ2) is 7.04. The fraction of sp³-hybridized carbons (Fsp3) is 0.136. The van der Waals surface area contributed by atoms with Crippen LogP contribution in [0.15, 0.2) is 83.0 Å². The molecule has 158 valence electrons.